The standard InChI is InChI=1S/C20H22N2O4S2/c1-26-9-3-8-22-19(24)16-6-5-14(12-17(16)20(22)25)18(23)21-7-11-27-13-15-4-2-10-28-15/h2,4-6,10,12H,3,7-9,11,13H2,1H3,(H,21,23). The fraction of sp³-hybridized carbons (Fsp3) is 0.350. The van der Waals surface area contributed by atoms with Crippen LogP contribution >= 0.6 is 23.1 Å². The Kier molecular flexibility index (Phi) is 7.24. The molecule has 0 aliphatic carbocycles. The highest BCUT2D eigenvalue weighted by molar-refractivity contribution is 7.98. The molecule has 28 heavy (non-hydrogen) atoms. The molecule has 1 aromatic heterocycles. The minimum Gasteiger partial charge on any atom is -0.385 e. The second-order valence-corrected chi connectivity index (χ2v) is 8.39. The van der Waals surface area contributed by atoms with Crippen molar-refractivity contribution in [3.8, 4) is 0 Å². The van der Waals surface area contributed by atoms with Crippen molar-refractivity contribution in [2.45, 2.75) is 12.2 Å². The lowest BCUT2D eigenvalue weighted by atomic mass is 10.1. The molecule has 0 saturated carbocycles. The summed E-state index contributed by atoms with van der Waals surface area (Å²) in [6.07, 6.45) is 0.582. The minimum atomic E-state index is -0.350. The Morgan fingerprint density at radius 1 is 1.21 bits per heavy atom. The van der Waals surface area contributed by atoms with Gasteiger partial charge >= 0.3 is 0 Å². The maximum absolute atomic E-state index is 12.5. The fourth-order valence-electron chi connectivity index (χ4n) is 2.91. The lowest BCUT2D eigenvalue weighted by Crippen LogP contribution is -2.31. The average Bonchev–Trinajstić information content (AvgIpc) is 3.30. The molecule has 0 spiro atoms. The molecule has 3 amide bonds. The molecule has 2 heterocycles. The Morgan fingerprint density at radius 2 is 2.04 bits per heavy atom. The van der Waals surface area contributed by atoms with Gasteiger partial charge in [0.2, 0.25) is 0 Å². The van der Waals surface area contributed by atoms with Gasteiger partial charge in [0.1, 0.15) is 0 Å². The molecular weight excluding hydrogens is 396 g/mol. The van der Waals surface area contributed by atoms with Crippen molar-refractivity contribution < 1.29 is 19.1 Å². The van der Waals surface area contributed by atoms with Crippen LogP contribution in [-0.4, -0.2) is 55.2 Å². The first-order valence-corrected chi connectivity index (χ1v) is 11.0. The molecule has 1 aliphatic rings. The molecule has 0 radical (unpaired) electrons. The van der Waals surface area contributed by atoms with Gasteiger partial charge in [-0.15, -0.1) is 11.3 Å². The van der Waals surface area contributed by atoms with Gasteiger partial charge in [-0.1, -0.05) is 6.07 Å². The van der Waals surface area contributed by atoms with E-state index in [-0.39, 0.29) is 17.7 Å². The van der Waals surface area contributed by atoms with E-state index in [9.17, 15) is 14.4 Å². The quantitative estimate of drug-likeness (QED) is 0.474. The van der Waals surface area contributed by atoms with E-state index in [0.717, 1.165) is 11.5 Å². The van der Waals surface area contributed by atoms with E-state index in [4.69, 9.17) is 4.74 Å². The van der Waals surface area contributed by atoms with Crippen molar-refractivity contribution in [3.05, 3.63) is 57.3 Å². The van der Waals surface area contributed by atoms with Crippen molar-refractivity contribution in [1.82, 2.24) is 10.2 Å². The summed E-state index contributed by atoms with van der Waals surface area (Å²) in [7, 11) is 1.58. The number of carbonyl (C=O) groups excluding carboxylic acids is 3. The SMILES string of the molecule is COCCCN1C(=O)c2ccc(C(=O)NCCSCc3cccs3)cc2C1=O. The number of hydrogen-bond acceptors (Lipinski definition) is 6. The summed E-state index contributed by atoms with van der Waals surface area (Å²) in [6, 6.07) is 8.79. The topological polar surface area (TPSA) is 75.7 Å². The van der Waals surface area contributed by atoms with E-state index in [2.05, 4.69) is 16.8 Å². The van der Waals surface area contributed by atoms with Crippen LogP contribution in [0.5, 0.6) is 0 Å². The molecule has 0 saturated heterocycles. The summed E-state index contributed by atoms with van der Waals surface area (Å²) in [5, 5.41) is 4.92. The second kappa shape index (κ2) is 9.86. The lowest BCUT2D eigenvalue weighted by Gasteiger charge is -2.12. The third-order valence-electron chi connectivity index (χ3n) is 4.32. The molecule has 0 bridgehead atoms. The van der Waals surface area contributed by atoms with Crippen molar-refractivity contribution in [3.63, 3.8) is 0 Å². The van der Waals surface area contributed by atoms with E-state index in [1.165, 1.54) is 15.8 Å². The molecule has 0 fully saturated rings. The zero-order valence-electron chi connectivity index (χ0n) is 15.6. The molecule has 1 N–H and O–H groups in total. The van der Waals surface area contributed by atoms with Crippen molar-refractivity contribution in [2.75, 3.05) is 32.6 Å². The normalized spacial score (nSPS) is 13.1. The summed E-state index contributed by atoms with van der Waals surface area (Å²) in [4.78, 5) is 39.8. The van der Waals surface area contributed by atoms with Crippen molar-refractivity contribution in [2.24, 2.45) is 0 Å². The summed E-state index contributed by atoms with van der Waals surface area (Å²) < 4.78 is 4.97. The Bertz CT molecular complexity index is 852. The number of nitrogens with one attached hydrogen (secondary N) is 1. The van der Waals surface area contributed by atoms with E-state index < -0.39 is 0 Å². The predicted molar refractivity (Wildman–Crippen MR) is 111 cm³/mol. The first kappa shape index (κ1) is 20.6. The van der Waals surface area contributed by atoms with Gasteiger partial charge in [-0.05, 0) is 36.1 Å². The van der Waals surface area contributed by atoms with Gasteiger partial charge in [0.05, 0.1) is 11.1 Å². The number of fused-ring (bicyclic) bond motifs is 1. The number of methoxy groups -OCH3 is 1. The molecular formula is C20H22N2O4S2. The lowest BCUT2D eigenvalue weighted by molar-refractivity contribution is 0.0638. The summed E-state index contributed by atoms with van der Waals surface area (Å²) in [6.45, 7) is 1.33. The van der Waals surface area contributed by atoms with Crippen LogP contribution in [0.3, 0.4) is 0 Å². The van der Waals surface area contributed by atoms with Gasteiger partial charge < -0.3 is 10.1 Å². The number of nitrogens with zero attached hydrogens (tertiary/aromatic N) is 1. The van der Waals surface area contributed by atoms with E-state index in [1.807, 2.05) is 6.07 Å². The van der Waals surface area contributed by atoms with Gasteiger partial charge in [-0.2, -0.15) is 11.8 Å². The van der Waals surface area contributed by atoms with E-state index in [0.29, 0.717) is 42.8 Å². The third kappa shape index (κ3) is 4.81. The number of ether oxygens (including phenoxy) is 1. The van der Waals surface area contributed by atoms with Crippen LogP contribution in [-0.2, 0) is 10.5 Å². The zero-order chi connectivity index (χ0) is 19.9. The number of hydrogen-bond donors (Lipinski definition) is 1. The highest BCUT2D eigenvalue weighted by Crippen LogP contribution is 2.24. The summed E-state index contributed by atoms with van der Waals surface area (Å²) >= 11 is 3.48. The van der Waals surface area contributed by atoms with Crippen LogP contribution in [0.15, 0.2) is 35.7 Å². The Morgan fingerprint density at radius 3 is 2.79 bits per heavy atom. The van der Waals surface area contributed by atoms with Crippen LogP contribution in [0, 0.1) is 0 Å². The van der Waals surface area contributed by atoms with Gasteiger partial charge in [0.15, 0.2) is 0 Å². The number of amides is 3. The smallest absolute Gasteiger partial charge is 0.261 e. The summed E-state index contributed by atoms with van der Waals surface area (Å²) in [5.41, 5.74) is 1.04. The molecule has 148 valence electrons. The monoisotopic (exact) mass is 418 g/mol. The van der Waals surface area contributed by atoms with Crippen LogP contribution in [0.2, 0.25) is 0 Å². The number of benzene rings is 1. The molecule has 8 heteroatoms. The molecule has 1 aliphatic heterocycles. The number of carbonyl (C=O) groups is 3. The van der Waals surface area contributed by atoms with Crippen LogP contribution in [0.1, 0.15) is 42.4 Å². The van der Waals surface area contributed by atoms with Crippen molar-refractivity contribution in [1.29, 1.82) is 0 Å². The highest BCUT2D eigenvalue weighted by Gasteiger charge is 2.35. The Labute approximate surface area is 172 Å². The van der Waals surface area contributed by atoms with Gasteiger partial charge in [-0.25, -0.2) is 0 Å². The fourth-order valence-corrected chi connectivity index (χ4v) is 4.61. The van der Waals surface area contributed by atoms with E-state index in [1.54, 1.807) is 42.3 Å². The molecule has 2 aromatic rings. The Balaban J connectivity index is 1.53. The zero-order valence-corrected chi connectivity index (χ0v) is 17.2. The molecule has 6 nitrogen and oxygen atoms in total. The highest BCUT2D eigenvalue weighted by atomic mass is 32.2. The third-order valence-corrected chi connectivity index (χ3v) is 6.39. The maximum Gasteiger partial charge on any atom is 0.261 e. The predicted octanol–water partition coefficient (Wildman–Crippen LogP) is 3.04. The number of thiophene rings is 1. The van der Waals surface area contributed by atoms with Crippen LogP contribution in [0.25, 0.3) is 0 Å². The van der Waals surface area contributed by atoms with Crippen LogP contribution < -0.4 is 5.32 Å². The first-order chi connectivity index (χ1) is 13.6. The van der Waals surface area contributed by atoms with Gasteiger partial charge in [0, 0.05) is 48.8 Å². The second-order valence-electron chi connectivity index (χ2n) is 6.26. The van der Waals surface area contributed by atoms with Crippen LogP contribution in [0.4, 0.5) is 0 Å². The molecule has 0 unspecified atom stereocenters. The largest absolute Gasteiger partial charge is 0.385 e. The molecule has 0 atom stereocenters. The van der Waals surface area contributed by atoms with Crippen molar-refractivity contribution >= 4 is 40.8 Å². The first-order valence-electron chi connectivity index (χ1n) is 8.99. The van der Waals surface area contributed by atoms with Gasteiger partial charge in [-0.3, -0.25) is 19.3 Å². The number of thioether (sulfide) groups is 1. The average molecular weight is 419 g/mol. The molecule has 3 rings (SSSR count). The molecule has 1 aromatic carbocycles. The Hall–Kier alpha value is -2.16. The summed E-state index contributed by atoms with van der Waals surface area (Å²) in [5.74, 6) is 0.837. The maximum atomic E-state index is 12.5. The number of rotatable bonds is 10. The van der Waals surface area contributed by atoms with Gasteiger partial charge in [0.25, 0.3) is 17.7 Å². The number of imide groups is 1. The minimum absolute atomic E-state index is 0.238. The van der Waals surface area contributed by atoms with E-state index >= 15 is 0 Å².